The number of urea groups is 1. The van der Waals surface area contributed by atoms with Gasteiger partial charge in [-0.15, -0.1) is 0 Å². The van der Waals surface area contributed by atoms with Gasteiger partial charge < -0.3 is 15.5 Å². The first kappa shape index (κ1) is 21.0. The summed E-state index contributed by atoms with van der Waals surface area (Å²) in [6.45, 7) is 2.90. The van der Waals surface area contributed by atoms with E-state index < -0.39 is 29.9 Å². The van der Waals surface area contributed by atoms with Crippen molar-refractivity contribution < 1.29 is 19.2 Å². The lowest BCUT2D eigenvalue weighted by Crippen LogP contribution is -2.45. The van der Waals surface area contributed by atoms with Gasteiger partial charge in [-0.05, 0) is 31.5 Å². The SMILES string of the molecule is Cc1ccc(NC(=O)CN(C)C(=O)CN2C(=O)N[C@@](C)(c3ccccc3)C2=O)cc1. The van der Waals surface area contributed by atoms with E-state index in [4.69, 9.17) is 0 Å². The Labute approximate surface area is 174 Å². The molecule has 8 heteroatoms. The summed E-state index contributed by atoms with van der Waals surface area (Å²) in [6, 6.07) is 15.5. The van der Waals surface area contributed by atoms with Crippen LogP contribution in [0.2, 0.25) is 0 Å². The number of rotatable bonds is 6. The van der Waals surface area contributed by atoms with E-state index in [9.17, 15) is 19.2 Å². The fourth-order valence-electron chi connectivity index (χ4n) is 3.20. The molecule has 1 heterocycles. The summed E-state index contributed by atoms with van der Waals surface area (Å²) in [5, 5.41) is 5.36. The third-order valence-corrected chi connectivity index (χ3v) is 5.06. The Morgan fingerprint density at radius 2 is 1.70 bits per heavy atom. The molecule has 5 amide bonds. The van der Waals surface area contributed by atoms with Crippen molar-refractivity contribution in [2.24, 2.45) is 0 Å². The second kappa shape index (κ2) is 8.36. The maximum Gasteiger partial charge on any atom is 0.325 e. The Hall–Kier alpha value is -3.68. The average molecular weight is 408 g/mol. The largest absolute Gasteiger partial charge is 0.335 e. The van der Waals surface area contributed by atoms with Crippen LogP contribution in [0.1, 0.15) is 18.1 Å². The Balaban J connectivity index is 1.60. The predicted molar refractivity (Wildman–Crippen MR) is 111 cm³/mol. The number of imide groups is 1. The zero-order valence-electron chi connectivity index (χ0n) is 17.1. The van der Waals surface area contributed by atoms with Gasteiger partial charge in [0.05, 0.1) is 6.54 Å². The van der Waals surface area contributed by atoms with E-state index in [1.807, 2.05) is 25.1 Å². The van der Waals surface area contributed by atoms with Gasteiger partial charge in [0.1, 0.15) is 12.1 Å². The third kappa shape index (κ3) is 4.32. The van der Waals surface area contributed by atoms with Crippen LogP contribution in [0.5, 0.6) is 0 Å². The number of hydrogen-bond acceptors (Lipinski definition) is 4. The van der Waals surface area contributed by atoms with Crippen LogP contribution in [0, 0.1) is 6.92 Å². The summed E-state index contributed by atoms with van der Waals surface area (Å²) in [5.41, 5.74) is 1.08. The van der Waals surface area contributed by atoms with Crippen LogP contribution in [0.25, 0.3) is 0 Å². The van der Waals surface area contributed by atoms with E-state index in [-0.39, 0.29) is 12.5 Å². The molecule has 0 aliphatic carbocycles. The van der Waals surface area contributed by atoms with E-state index in [2.05, 4.69) is 10.6 Å². The molecule has 0 bridgehead atoms. The standard InChI is InChI=1S/C22H24N4O4/c1-15-9-11-17(12-10-15)23-18(27)13-25(3)19(28)14-26-20(29)22(2,24-21(26)30)16-7-5-4-6-8-16/h4-12H,13-14H2,1-3H3,(H,23,27)(H,24,30)/t22-/m0/s1. The molecule has 1 atom stereocenters. The fraction of sp³-hybridized carbons (Fsp3) is 0.273. The number of likely N-dealkylation sites (N-methyl/N-ethyl adjacent to an activating group) is 1. The second-order valence-corrected chi connectivity index (χ2v) is 7.48. The van der Waals surface area contributed by atoms with E-state index in [1.54, 1.807) is 43.3 Å². The highest BCUT2D eigenvalue weighted by Crippen LogP contribution is 2.28. The molecule has 0 spiro atoms. The molecule has 156 valence electrons. The minimum Gasteiger partial charge on any atom is -0.335 e. The van der Waals surface area contributed by atoms with Crippen LogP contribution in [0.15, 0.2) is 54.6 Å². The lowest BCUT2D eigenvalue weighted by atomic mass is 9.92. The normalized spacial score (nSPS) is 18.2. The van der Waals surface area contributed by atoms with Crippen LogP contribution >= 0.6 is 0 Å². The minimum atomic E-state index is -1.24. The Kier molecular flexibility index (Phi) is 5.86. The lowest BCUT2D eigenvalue weighted by Gasteiger charge is -2.23. The number of aryl methyl sites for hydroxylation is 1. The first-order valence-electron chi connectivity index (χ1n) is 9.51. The van der Waals surface area contributed by atoms with Crippen molar-refractivity contribution in [2.45, 2.75) is 19.4 Å². The van der Waals surface area contributed by atoms with Gasteiger partial charge in [0.25, 0.3) is 5.91 Å². The van der Waals surface area contributed by atoms with Gasteiger partial charge in [-0.3, -0.25) is 19.3 Å². The van der Waals surface area contributed by atoms with Gasteiger partial charge in [0.15, 0.2) is 0 Å². The molecule has 0 unspecified atom stereocenters. The summed E-state index contributed by atoms with van der Waals surface area (Å²) >= 11 is 0. The number of anilines is 1. The maximum absolute atomic E-state index is 12.9. The van der Waals surface area contributed by atoms with E-state index in [0.29, 0.717) is 11.3 Å². The molecular weight excluding hydrogens is 384 g/mol. The molecule has 1 aliphatic rings. The van der Waals surface area contributed by atoms with Crippen LogP contribution in [0.4, 0.5) is 10.5 Å². The molecular formula is C22H24N4O4. The molecule has 1 saturated heterocycles. The number of nitrogens with zero attached hydrogens (tertiary/aromatic N) is 2. The Bertz CT molecular complexity index is 974. The van der Waals surface area contributed by atoms with Gasteiger partial charge in [0.2, 0.25) is 11.8 Å². The molecule has 3 rings (SSSR count). The molecule has 0 saturated carbocycles. The predicted octanol–water partition coefficient (Wildman–Crippen LogP) is 1.86. The monoisotopic (exact) mass is 408 g/mol. The number of nitrogens with one attached hydrogen (secondary N) is 2. The molecule has 0 aromatic heterocycles. The van der Waals surface area contributed by atoms with E-state index in [1.165, 1.54) is 11.9 Å². The first-order chi connectivity index (χ1) is 14.2. The van der Waals surface area contributed by atoms with Crippen molar-refractivity contribution in [1.29, 1.82) is 0 Å². The summed E-state index contributed by atoms with van der Waals surface area (Å²) < 4.78 is 0. The topological polar surface area (TPSA) is 98.8 Å². The van der Waals surface area contributed by atoms with Crippen LogP contribution in [-0.4, -0.2) is 53.7 Å². The highest BCUT2D eigenvalue weighted by Gasteiger charge is 2.49. The van der Waals surface area contributed by atoms with E-state index in [0.717, 1.165) is 10.5 Å². The number of amides is 5. The van der Waals surface area contributed by atoms with Gasteiger partial charge >= 0.3 is 6.03 Å². The number of benzene rings is 2. The van der Waals surface area contributed by atoms with Crippen LogP contribution in [-0.2, 0) is 19.9 Å². The van der Waals surface area contributed by atoms with Crippen molar-refractivity contribution in [3.63, 3.8) is 0 Å². The summed E-state index contributed by atoms with van der Waals surface area (Å²) in [6.07, 6.45) is 0. The van der Waals surface area contributed by atoms with Crippen LogP contribution < -0.4 is 10.6 Å². The zero-order chi connectivity index (χ0) is 21.9. The van der Waals surface area contributed by atoms with Gasteiger partial charge in [-0.2, -0.15) is 0 Å². The van der Waals surface area contributed by atoms with E-state index >= 15 is 0 Å². The average Bonchev–Trinajstić information content (AvgIpc) is 2.94. The fourth-order valence-corrected chi connectivity index (χ4v) is 3.20. The van der Waals surface area contributed by atoms with Gasteiger partial charge in [0, 0.05) is 12.7 Å². The molecule has 2 N–H and O–H groups in total. The summed E-state index contributed by atoms with van der Waals surface area (Å²) in [5.74, 6) is -1.40. The Morgan fingerprint density at radius 1 is 1.07 bits per heavy atom. The minimum absolute atomic E-state index is 0.202. The van der Waals surface area contributed by atoms with Crippen molar-refractivity contribution in [3.8, 4) is 0 Å². The zero-order valence-corrected chi connectivity index (χ0v) is 17.1. The molecule has 1 aliphatic heterocycles. The maximum atomic E-state index is 12.9. The van der Waals surface area contributed by atoms with Crippen LogP contribution in [0.3, 0.4) is 0 Å². The first-order valence-corrected chi connectivity index (χ1v) is 9.51. The van der Waals surface area contributed by atoms with Crippen molar-refractivity contribution in [1.82, 2.24) is 15.1 Å². The van der Waals surface area contributed by atoms with Crippen molar-refractivity contribution in [3.05, 3.63) is 65.7 Å². The molecule has 2 aromatic rings. The summed E-state index contributed by atoms with van der Waals surface area (Å²) in [4.78, 5) is 52.1. The Morgan fingerprint density at radius 3 is 2.33 bits per heavy atom. The number of hydrogen-bond donors (Lipinski definition) is 2. The van der Waals surface area contributed by atoms with Gasteiger partial charge in [-0.25, -0.2) is 4.79 Å². The number of carbonyl (C=O) groups is 4. The molecule has 1 fully saturated rings. The number of carbonyl (C=O) groups excluding carboxylic acids is 4. The van der Waals surface area contributed by atoms with Gasteiger partial charge in [-0.1, -0.05) is 48.0 Å². The smallest absolute Gasteiger partial charge is 0.325 e. The lowest BCUT2D eigenvalue weighted by molar-refractivity contribution is -0.139. The van der Waals surface area contributed by atoms with Crippen molar-refractivity contribution in [2.75, 3.05) is 25.5 Å². The highest BCUT2D eigenvalue weighted by atomic mass is 16.2. The third-order valence-electron chi connectivity index (χ3n) is 5.06. The molecule has 8 nitrogen and oxygen atoms in total. The summed E-state index contributed by atoms with van der Waals surface area (Å²) in [7, 11) is 1.45. The van der Waals surface area contributed by atoms with Crippen molar-refractivity contribution >= 4 is 29.4 Å². The quantitative estimate of drug-likeness (QED) is 0.713. The molecule has 0 radical (unpaired) electrons. The highest BCUT2D eigenvalue weighted by molar-refractivity contribution is 6.09. The molecule has 2 aromatic carbocycles. The second-order valence-electron chi connectivity index (χ2n) is 7.48. The molecule has 30 heavy (non-hydrogen) atoms.